The van der Waals surface area contributed by atoms with Crippen LogP contribution in [0.1, 0.15) is 23.6 Å². The molecule has 0 heterocycles. The summed E-state index contributed by atoms with van der Waals surface area (Å²) >= 11 is 4.40. The molecule has 162 valence electrons. The first-order valence-electron chi connectivity index (χ1n) is 9.86. The molecular weight excluding hydrogens is 402 g/mol. The molecule has 0 saturated carbocycles. The van der Waals surface area contributed by atoms with E-state index in [2.05, 4.69) is 24.6 Å². The summed E-state index contributed by atoms with van der Waals surface area (Å²) in [6.07, 6.45) is 1.64. The molecule has 0 aromatic heterocycles. The molecule has 0 N–H and O–H groups in total. The van der Waals surface area contributed by atoms with Gasteiger partial charge in [0.05, 0.1) is 28.4 Å². The molecule has 2 aromatic carbocycles. The van der Waals surface area contributed by atoms with E-state index in [-0.39, 0.29) is 11.5 Å². The zero-order valence-corrected chi connectivity index (χ0v) is 19.0. The number of methoxy groups -OCH3 is 4. The predicted octanol–water partition coefficient (Wildman–Crippen LogP) is 3.60. The van der Waals surface area contributed by atoms with Crippen molar-refractivity contribution in [3.05, 3.63) is 45.6 Å². The summed E-state index contributed by atoms with van der Waals surface area (Å²) in [5.74, 6) is 2.79. The minimum absolute atomic E-state index is 0.0473. The fourth-order valence-electron chi connectivity index (χ4n) is 4.22. The molecule has 0 amide bonds. The number of thiol groups is 1. The lowest BCUT2D eigenvalue weighted by atomic mass is 9.95. The van der Waals surface area contributed by atoms with Gasteiger partial charge in [0, 0.05) is 23.9 Å². The van der Waals surface area contributed by atoms with Crippen LogP contribution in [0.5, 0.6) is 23.0 Å². The Balaban J connectivity index is 2.40. The van der Waals surface area contributed by atoms with Crippen LogP contribution in [0.15, 0.2) is 29.1 Å². The molecule has 0 aliphatic heterocycles. The van der Waals surface area contributed by atoms with Crippen molar-refractivity contribution in [3.63, 3.8) is 0 Å². The minimum Gasteiger partial charge on any atom is -0.493 e. The Bertz CT molecular complexity index is 979. The Labute approximate surface area is 183 Å². The van der Waals surface area contributed by atoms with Gasteiger partial charge in [0.1, 0.15) is 0 Å². The van der Waals surface area contributed by atoms with Crippen LogP contribution in [0.4, 0.5) is 0 Å². The summed E-state index contributed by atoms with van der Waals surface area (Å²) in [5, 5.41) is 0. The van der Waals surface area contributed by atoms with Gasteiger partial charge in [-0.15, -0.1) is 0 Å². The fourth-order valence-corrected chi connectivity index (χ4v) is 4.53. The number of hydrogen-bond donors (Lipinski definition) is 1. The molecule has 0 spiro atoms. The summed E-state index contributed by atoms with van der Waals surface area (Å²) in [5.41, 5.74) is 3.73. The maximum absolute atomic E-state index is 12.8. The van der Waals surface area contributed by atoms with Crippen molar-refractivity contribution in [3.8, 4) is 34.1 Å². The van der Waals surface area contributed by atoms with Crippen molar-refractivity contribution < 1.29 is 18.9 Å². The van der Waals surface area contributed by atoms with Gasteiger partial charge < -0.3 is 18.9 Å². The van der Waals surface area contributed by atoms with E-state index >= 15 is 0 Å². The van der Waals surface area contributed by atoms with Crippen molar-refractivity contribution >= 4 is 12.6 Å². The van der Waals surface area contributed by atoms with Gasteiger partial charge in [-0.05, 0) is 54.8 Å². The molecule has 7 heteroatoms. The number of fused-ring (bicyclic) bond motifs is 3. The standard InChI is InChI=1S/C23H29NO5S/c1-24(10-11-30)17-8-6-14-12-20(27-3)22(28-4)23(29-5)21(14)15-7-9-19(26-2)18(25)13-16(15)17/h7,9,12-13,17,30H,6,8,10-11H2,1-5H3/t17-/m0/s1. The number of rotatable bonds is 7. The summed E-state index contributed by atoms with van der Waals surface area (Å²) in [6.45, 7) is 0.803. The smallest absolute Gasteiger partial charge is 0.220 e. The average molecular weight is 432 g/mol. The number of ether oxygens (including phenoxy) is 4. The molecule has 2 aromatic rings. The van der Waals surface area contributed by atoms with E-state index in [1.54, 1.807) is 33.5 Å². The predicted molar refractivity (Wildman–Crippen MR) is 122 cm³/mol. The van der Waals surface area contributed by atoms with E-state index in [0.717, 1.165) is 47.4 Å². The highest BCUT2D eigenvalue weighted by Gasteiger charge is 2.30. The zero-order chi connectivity index (χ0) is 21.8. The van der Waals surface area contributed by atoms with Crippen molar-refractivity contribution in [2.24, 2.45) is 0 Å². The summed E-state index contributed by atoms with van der Waals surface area (Å²) in [7, 11) is 8.40. The Morgan fingerprint density at radius 3 is 2.30 bits per heavy atom. The Hall–Kier alpha value is -2.38. The normalized spacial score (nSPS) is 15.1. The molecule has 3 rings (SSSR count). The Kier molecular flexibility index (Phi) is 7.15. The lowest BCUT2D eigenvalue weighted by molar-refractivity contribution is 0.249. The van der Waals surface area contributed by atoms with Gasteiger partial charge in [-0.3, -0.25) is 9.69 Å². The van der Waals surface area contributed by atoms with Crippen LogP contribution in [-0.4, -0.2) is 52.7 Å². The molecule has 1 aliphatic rings. The van der Waals surface area contributed by atoms with Crippen LogP contribution in [0.25, 0.3) is 11.1 Å². The largest absolute Gasteiger partial charge is 0.493 e. The van der Waals surface area contributed by atoms with E-state index in [1.165, 1.54) is 7.11 Å². The van der Waals surface area contributed by atoms with Crippen LogP contribution in [0, 0.1) is 0 Å². The van der Waals surface area contributed by atoms with Crippen LogP contribution < -0.4 is 24.4 Å². The SMILES string of the molecule is COc1cc2c(c(OC)c1OC)-c1ccc(OC)c(=O)cc1[C@@H](N(C)CCS)CC2. The van der Waals surface area contributed by atoms with Crippen LogP contribution in [-0.2, 0) is 6.42 Å². The maximum atomic E-state index is 12.8. The van der Waals surface area contributed by atoms with Crippen LogP contribution >= 0.6 is 12.6 Å². The van der Waals surface area contributed by atoms with E-state index < -0.39 is 0 Å². The summed E-state index contributed by atoms with van der Waals surface area (Å²) in [6, 6.07) is 7.41. The van der Waals surface area contributed by atoms with Gasteiger partial charge in [0.25, 0.3) is 0 Å². The first kappa shape index (κ1) is 22.3. The zero-order valence-electron chi connectivity index (χ0n) is 18.2. The second-order valence-corrected chi connectivity index (χ2v) is 7.66. The highest BCUT2D eigenvalue weighted by Crippen LogP contribution is 2.50. The molecule has 0 fully saturated rings. The molecule has 0 radical (unpaired) electrons. The molecule has 0 bridgehead atoms. The first-order chi connectivity index (χ1) is 14.5. The summed E-state index contributed by atoms with van der Waals surface area (Å²) in [4.78, 5) is 15.1. The third-order valence-electron chi connectivity index (χ3n) is 5.67. The van der Waals surface area contributed by atoms with Crippen LogP contribution in [0.3, 0.4) is 0 Å². The quantitative estimate of drug-likeness (QED) is 0.676. The molecule has 0 saturated heterocycles. The van der Waals surface area contributed by atoms with Gasteiger partial charge in [-0.1, -0.05) is 6.07 Å². The van der Waals surface area contributed by atoms with E-state index in [0.29, 0.717) is 23.0 Å². The third-order valence-corrected chi connectivity index (χ3v) is 5.87. The van der Waals surface area contributed by atoms with Gasteiger partial charge in [0.15, 0.2) is 17.2 Å². The minimum atomic E-state index is -0.147. The van der Waals surface area contributed by atoms with E-state index in [1.807, 2.05) is 12.1 Å². The summed E-state index contributed by atoms with van der Waals surface area (Å²) < 4.78 is 22.3. The third kappa shape index (κ3) is 3.96. The molecular formula is C23H29NO5S. The molecule has 30 heavy (non-hydrogen) atoms. The highest BCUT2D eigenvalue weighted by atomic mass is 32.1. The Morgan fingerprint density at radius 2 is 1.70 bits per heavy atom. The molecule has 0 unspecified atom stereocenters. The number of hydrogen-bond acceptors (Lipinski definition) is 7. The van der Waals surface area contributed by atoms with Crippen LogP contribution in [0.2, 0.25) is 0 Å². The number of benzene rings is 1. The highest BCUT2D eigenvalue weighted by molar-refractivity contribution is 7.80. The Morgan fingerprint density at radius 1 is 1.00 bits per heavy atom. The van der Waals surface area contributed by atoms with E-state index in [4.69, 9.17) is 18.9 Å². The maximum Gasteiger partial charge on any atom is 0.220 e. The van der Waals surface area contributed by atoms with Crippen molar-refractivity contribution in [1.82, 2.24) is 4.90 Å². The van der Waals surface area contributed by atoms with Gasteiger partial charge in [-0.25, -0.2) is 0 Å². The molecule has 1 aliphatic carbocycles. The second kappa shape index (κ2) is 9.62. The lowest BCUT2D eigenvalue weighted by Gasteiger charge is -2.27. The number of nitrogens with zero attached hydrogens (tertiary/aromatic N) is 1. The van der Waals surface area contributed by atoms with Gasteiger partial charge >= 0.3 is 0 Å². The van der Waals surface area contributed by atoms with Crippen molar-refractivity contribution in [2.75, 3.05) is 47.8 Å². The van der Waals surface area contributed by atoms with E-state index in [9.17, 15) is 4.79 Å². The molecule has 1 atom stereocenters. The van der Waals surface area contributed by atoms with Gasteiger partial charge in [0.2, 0.25) is 11.2 Å². The second-order valence-electron chi connectivity index (χ2n) is 7.22. The lowest BCUT2D eigenvalue weighted by Crippen LogP contribution is -2.27. The van der Waals surface area contributed by atoms with Gasteiger partial charge in [-0.2, -0.15) is 12.6 Å². The first-order valence-corrected chi connectivity index (χ1v) is 10.5. The van der Waals surface area contributed by atoms with Crippen molar-refractivity contribution in [1.29, 1.82) is 0 Å². The fraction of sp³-hybridized carbons (Fsp3) is 0.435. The topological polar surface area (TPSA) is 57.2 Å². The number of aryl methyl sites for hydroxylation is 1. The monoisotopic (exact) mass is 431 g/mol. The average Bonchev–Trinajstić information content (AvgIpc) is 3.00. The molecule has 6 nitrogen and oxygen atoms in total. The van der Waals surface area contributed by atoms with Crippen molar-refractivity contribution in [2.45, 2.75) is 18.9 Å².